The van der Waals surface area contributed by atoms with Gasteiger partial charge in [0.1, 0.15) is 0 Å². The van der Waals surface area contributed by atoms with Crippen molar-refractivity contribution in [3.8, 4) is 0 Å². The van der Waals surface area contributed by atoms with E-state index in [4.69, 9.17) is 5.14 Å². The van der Waals surface area contributed by atoms with Crippen molar-refractivity contribution in [2.24, 2.45) is 5.14 Å². The molecule has 0 aliphatic heterocycles. The third-order valence-electron chi connectivity index (χ3n) is 3.83. The monoisotopic (exact) mass is 380 g/mol. The van der Waals surface area contributed by atoms with Crippen LogP contribution < -0.4 is 15.0 Å². The van der Waals surface area contributed by atoms with Gasteiger partial charge in [0.05, 0.1) is 16.8 Å². The highest BCUT2D eigenvalue weighted by Gasteiger charge is 2.12. The summed E-state index contributed by atoms with van der Waals surface area (Å²) in [6.07, 6.45) is 0.511. The predicted octanol–water partition coefficient (Wildman–Crippen LogP) is 1.58. The molecule has 0 saturated carbocycles. The second-order valence-electron chi connectivity index (χ2n) is 5.40. The van der Waals surface area contributed by atoms with Gasteiger partial charge < -0.3 is 0 Å². The minimum absolute atomic E-state index is 0. The van der Waals surface area contributed by atoms with Crippen LogP contribution in [0.15, 0.2) is 53.3 Å². The van der Waals surface area contributed by atoms with Crippen molar-refractivity contribution >= 4 is 39.1 Å². The van der Waals surface area contributed by atoms with Crippen LogP contribution in [-0.4, -0.2) is 25.7 Å². The van der Waals surface area contributed by atoms with E-state index in [0.717, 1.165) is 20.9 Å². The smallest absolute Gasteiger partial charge is 0.267 e. The largest absolute Gasteiger partial charge is 0.298 e. The Morgan fingerprint density at radius 1 is 1.08 bits per heavy atom. The highest BCUT2D eigenvalue weighted by atomic mass is 35.5. The van der Waals surface area contributed by atoms with Crippen LogP contribution in [0.2, 0.25) is 0 Å². The molecule has 1 aromatic heterocycles. The van der Waals surface area contributed by atoms with E-state index in [-0.39, 0.29) is 18.0 Å². The molecule has 25 heavy (non-hydrogen) atoms. The molecule has 3 N–H and O–H groups in total. The first-order chi connectivity index (χ1) is 11.4. The molecule has 0 saturated heterocycles. The summed E-state index contributed by atoms with van der Waals surface area (Å²) in [7, 11) is -2.39. The van der Waals surface area contributed by atoms with Crippen molar-refractivity contribution in [3.05, 3.63) is 70.1 Å². The van der Waals surface area contributed by atoms with Gasteiger partial charge in [-0.3, -0.25) is 9.10 Å². The zero-order valence-electron chi connectivity index (χ0n) is 13.3. The summed E-state index contributed by atoms with van der Waals surface area (Å²) >= 11 is 0. The van der Waals surface area contributed by atoms with Gasteiger partial charge in [-0.1, -0.05) is 30.3 Å². The Morgan fingerprint density at radius 3 is 2.28 bits per heavy atom. The van der Waals surface area contributed by atoms with Crippen molar-refractivity contribution in [3.63, 3.8) is 0 Å². The molecule has 9 heteroatoms. The Bertz CT molecular complexity index is 1050. The molecule has 2 aromatic carbocycles. The highest BCUT2D eigenvalue weighted by Crippen LogP contribution is 2.19. The second-order valence-corrected chi connectivity index (χ2v) is 6.98. The Kier molecular flexibility index (Phi) is 5.46. The van der Waals surface area contributed by atoms with Gasteiger partial charge in [-0.15, -0.1) is 12.4 Å². The zero-order chi connectivity index (χ0) is 17.3. The molecule has 0 aliphatic rings. The van der Waals surface area contributed by atoms with E-state index >= 15 is 0 Å². The molecule has 0 atom stereocenters. The third-order valence-corrected chi connectivity index (χ3v) is 4.80. The fourth-order valence-corrected chi connectivity index (χ4v) is 2.89. The van der Waals surface area contributed by atoms with Gasteiger partial charge in [0, 0.05) is 18.9 Å². The molecule has 0 radical (unpaired) electrons. The zero-order valence-corrected chi connectivity index (χ0v) is 15.0. The second kappa shape index (κ2) is 7.22. The predicted molar refractivity (Wildman–Crippen MR) is 100 cm³/mol. The molecule has 0 unspecified atom stereocenters. The summed E-state index contributed by atoms with van der Waals surface area (Å²) in [6.45, 7) is 0. The van der Waals surface area contributed by atoms with Crippen LogP contribution >= 0.6 is 12.4 Å². The number of hydrogen-bond acceptors (Lipinski definition) is 4. The SMILES string of the molecule is CN(c1ccc(Cc2n[nH]c(=O)c3ccccc23)cc1)S(N)(=O)=O.Cl. The molecule has 0 amide bonds. The van der Waals surface area contributed by atoms with Crippen LogP contribution in [0.1, 0.15) is 11.3 Å². The van der Waals surface area contributed by atoms with E-state index in [1.807, 2.05) is 12.1 Å². The summed E-state index contributed by atoms with van der Waals surface area (Å²) < 4.78 is 23.7. The Balaban J connectivity index is 0.00000225. The van der Waals surface area contributed by atoms with Crippen molar-refractivity contribution in [1.29, 1.82) is 0 Å². The number of rotatable bonds is 4. The maximum Gasteiger partial charge on any atom is 0.298 e. The lowest BCUT2D eigenvalue weighted by molar-refractivity contribution is 0.596. The molecule has 0 spiro atoms. The average molecular weight is 381 g/mol. The van der Waals surface area contributed by atoms with Gasteiger partial charge in [-0.2, -0.15) is 13.5 Å². The Hall–Kier alpha value is -2.42. The Labute approximate surface area is 151 Å². The molecular formula is C16H17ClN4O3S. The number of halogens is 1. The molecular weight excluding hydrogens is 364 g/mol. The summed E-state index contributed by atoms with van der Waals surface area (Å²) in [6, 6.07) is 14.2. The molecule has 7 nitrogen and oxygen atoms in total. The maximum atomic E-state index is 11.8. The number of H-pyrrole nitrogens is 1. The van der Waals surface area contributed by atoms with Crippen molar-refractivity contribution < 1.29 is 8.42 Å². The fraction of sp³-hybridized carbons (Fsp3) is 0.125. The van der Waals surface area contributed by atoms with Crippen molar-refractivity contribution in [2.75, 3.05) is 11.4 Å². The standard InChI is InChI=1S/C16H16N4O3S.ClH/c1-20(24(17,22)23)12-8-6-11(7-9-12)10-15-13-4-2-3-5-14(13)16(21)19-18-15;/h2-9H,10H2,1H3,(H,19,21)(H2,17,22,23);1H. The van der Waals surface area contributed by atoms with Gasteiger partial charge in [0.15, 0.2) is 0 Å². The first kappa shape index (κ1) is 18.9. The number of aromatic nitrogens is 2. The van der Waals surface area contributed by atoms with Crippen LogP contribution in [-0.2, 0) is 16.6 Å². The van der Waals surface area contributed by atoms with E-state index < -0.39 is 10.2 Å². The van der Waals surface area contributed by atoms with E-state index in [1.54, 1.807) is 36.4 Å². The van der Waals surface area contributed by atoms with Crippen molar-refractivity contribution in [1.82, 2.24) is 10.2 Å². The van der Waals surface area contributed by atoms with E-state index in [9.17, 15) is 13.2 Å². The van der Waals surface area contributed by atoms with Crippen LogP contribution in [0, 0.1) is 0 Å². The first-order valence-corrected chi connectivity index (χ1v) is 8.68. The lowest BCUT2D eigenvalue weighted by Crippen LogP contribution is -2.33. The molecule has 3 rings (SSSR count). The number of aromatic amines is 1. The van der Waals surface area contributed by atoms with Gasteiger partial charge in [0.2, 0.25) is 0 Å². The molecule has 132 valence electrons. The van der Waals surface area contributed by atoms with Crippen LogP contribution in [0.3, 0.4) is 0 Å². The molecule has 0 aliphatic carbocycles. The fourth-order valence-electron chi connectivity index (χ4n) is 2.47. The number of nitrogens with one attached hydrogen (secondary N) is 1. The first-order valence-electron chi connectivity index (χ1n) is 7.18. The highest BCUT2D eigenvalue weighted by molar-refractivity contribution is 7.90. The minimum atomic E-state index is -3.78. The molecule has 0 bridgehead atoms. The van der Waals surface area contributed by atoms with E-state index in [0.29, 0.717) is 17.5 Å². The maximum absolute atomic E-state index is 11.8. The van der Waals surface area contributed by atoms with Crippen LogP contribution in [0.5, 0.6) is 0 Å². The summed E-state index contributed by atoms with van der Waals surface area (Å²) in [5.41, 5.74) is 1.93. The minimum Gasteiger partial charge on any atom is -0.267 e. The number of nitrogens with zero attached hydrogens (tertiary/aromatic N) is 2. The lowest BCUT2D eigenvalue weighted by Gasteiger charge is -2.16. The summed E-state index contributed by atoms with van der Waals surface area (Å²) in [5, 5.41) is 13.1. The molecule has 1 heterocycles. The number of anilines is 1. The van der Waals surface area contributed by atoms with Gasteiger partial charge in [-0.05, 0) is 23.8 Å². The summed E-state index contributed by atoms with van der Waals surface area (Å²) in [4.78, 5) is 11.8. The van der Waals surface area contributed by atoms with E-state index in [2.05, 4.69) is 10.2 Å². The van der Waals surface area contributed by atoms with Gasteiger partial charge in [-0.25, -0.2) is 10.2 Å². The van der Waals surface area contributed by atoms with Crippen molar-refractivity contribution in [2.45, 2.75) is 6.42 Å². The molecule has 3 aromatic rings. The number of nitrogens with two attached hydrogens (primary N) is 1. The van der Waals surface area contributed by atoms with Crippen LogP contribution in [0.25, 0.3) is 10.8 Å². The lowest BCUT2D eigenvalue weighted by atomic mass is 10.0. The quantitative estimate of drug-likeness (QED) is 0.715. The number of hydrogen-bond donors (Lipinski definition) is 2. The van der Waals surface area contributed by atoms with E-state index in [1.165, 1.54) is 7.05 Å². The van der Waals surface area contributed by atoms with Crippen LogP contribution in [0.4, 0.5) is 5.69 Å². The number of fused-ring (bicyclic) bond motifs is 1. The van der Waals surface area contributed by atoms with Gasteiger partial charge >= 0.3 is 0 Å². The normalized spacial score (nSPS) is 11.1. The average Bonchev–Trinajstić information content (AvgIpc) is 2.57. The summed E-state index contributed by atoms with van der Waals surface area (Å²) in [5.74, 6) is 0. The number of benzene rings is 2. The third kappa shape index (κ3) is 3.98. The van der Waals surface area contributed by atoms with Gasteiger partial charge in [0.25, 0.3) is 15.8 Å². The molecule has 0 fully saturated rings. The Morgan fingerprint density at radius 2 is 1.68 bits per heavy atom. The topological polar surface area (TPSA) is 109 Å².